The first kappa shape index (κ1) is 30.1. The van der Waals surface area contributed by atoms with Gasteiger partial charge in [-0.25, -0.2) is 0 Å². The maximum Gasteiger partial charge on any atom is 0.254 e. The van der Waals surface area contributed by atoms with Crippen molar-refractivity contribution in [2.45, 2.75) is 6.92 Å². The van der Waals surface area contributed by atoms with E-state index in [4.69, 9.17) is 42.1 Å². The molecule has 1 fully saturated rings. The van der Waals surface area contributed by atoms with E-state index in [0.717, 1.165) is 16.9 Å². The minimum Gasteiger partial charge on any atom is -0.494 e. The van der Waals surface area contributed by atoms with Crippen molar-refractivity contribution in [1.82, 2.24) is 9.80 Å². The average Bonchev–Trinajstić information content (AvgIpc) is 2.98. The number of halogens is 2. The second kappa shape index (κ2) is 13.7. The number of methoxy groups -OCH3 is 3. The van der Waals surface area contributed by atoms with Gasteiger partial charge in [-0.2, -0.15) is 0 Å². The molecular weight excluding hydrogens is 567 g/mol. The fraction of sp³-hybridized carbons (Fsp3) is 0.290. The van der Waals surface area contributed by atoms with E-state index in [0.29, 0.717) is 71.2 Å². The Kier molecular flexibility index (Phi) is 10.0. The number of hydrogen-bond acceptors (Lipinski definition) is 6. The lowest BCUT2D eigenvalue weighted by Gasteiger charge is -2.34. The maximum absolute atomic E-state index is 13.5. The van der Waals surface area contributed by atoms with Gasteiger partial charge < -0.3 is 28.7 Å². The lowest BCUT2D eigenvalue weighted by molar-refractivity contribution is -0.127. The summed E-state index contributed by atoms with van der Waals surface area (Å²) >= 11 is 12.6. The number of carbonyl (C=O) groups excluding carboxylic acids is 2. The summed E-state index contributed by atoms with van der Waals surface area (Å²) in [6.07, 6.45) is 1.59. The van der Waals surface area contributed by atoms with E-state index in [1.54, 1.807) is 46.2 Å². The Morgan fingerprint density at radius 2 is 1.32 bits per heavy atom. The number of benzene rings is 3. The second-order valence-electron chi connectivity index (χ2n) is 9.21. The van der Waals surface area contributed by atoms with Crippen LogP contribution in [0.25, 0.3) is 5.57 Å². The zero-order valence-electron chi connectivity index (χ0n) is 23.4. The molecular formula is C31H32Cl2N2O6. The van der Waals surface area contributed by atoms with Crippen molar-refractivity contribution in [2.75, 3.05) is 54.1 Å². The molecule has 1 heterocycles. The zero-order chi connectivity index (χ0) is 29.5. The fourth-order valence-electron chi connectivity index (χ4n) is 4.67. The molecule has 8 nitrogen and oxygen atoms in total. The molecule has 0 aliphatic carbocycles. The standard InChI is InChI=1S/C31H32Cl2N2O6/c1-5-41-25-8-6-20(7-9-25)26(21-14-23(32)18-24(33)15-21)19-29(36)34-10-12-35(13-11-34)31(37)22-16-27(38-2)30(40-4)28(17-22)39-3/h6-9,14-19H,5,10-13H2,1-4H3. The van der Waals surface area contributed by atoms with Gasteiger partial charge in [0.05, 0.1) is 27.9 Å². The molecule has 1 aliphatic heterocycles. The summed E-state index contributed by atoms with van der Waals surface area (Å²) in [4.78, 5) is 30.2. The van der Waals surface area contributed by atoms with Crippen molar-refractivity contribution in [3.05, 3.63) is 87.4 Å². The topological polar surface area (TPSA) is 77.5 Å². The van der Waals surface area contributed by atoms with E-state index in [2.05, 4.69) is 0 Å². The summed E-state index contributed by atoms with van der Waals surface area (Å²) in [7, 11) is 4.51. The number of amides is 2. The van der Waals surface area contributed by atoms with Crippen LogP contribution in [0.4, 0.5) is 0 Å². The summed E-state index contributed by atoms with van der Waals surface area (Å²) in [6, 6.07) is 16.0. The van der Waals surface area contributed by atoms with Gasteiger partial charge >= 0.3 is 0 Å². The lowest BCUT2D eigenvalue weighted by Crippen LogP contribution is -2.50. The third-order valence-corrected chi connectivity index (χ3v) is 7.14. The van der Waals surface area contributed by atoms with Crippen molar-refractivity contribution in [3.8, 4) is 23.0 Å². The molecule has 0 atom stereocenters. The van der Waals surface area contributed by atoms with Crippen molar-refractivity contribution in [3.63, 3.8) is 0 Å². The summed E-state index contributed by atoms with van der Waals surface area (Å²) in [5, 5.41) is 0.936. The number of nitrogens with zero attached hydrogens (tertiary/aromatic N) is 2. The molecule has 41 heavy (non-hydrogen) atoms. The SMILES string of the molecule is CCOc1ccc(C(=CC(=O)N2CCN(C(=O)c3cc(OC)c(OC)c(OC)c3)CC2)c2cc(Cl)cc(Cl)c2)cc1. The van der Waals surface area contributed by atoms with Crippen LogP contribution in [0.2, 0.25) is 10.0 Å². The summed E-state index contributed by atoms with van der Waals surface area (Å²) in [5.74, 6) is 1.59. The first-order chi connectivity index (χ1) is 19.8. The van der Waals surface area contributed by atoms with Gasteiger partial charge in [0, 0.05) is 47.9 Å². The molecule has 0 N–H and O–H groups in total. The fourth-order valence-corrected chi connectivity index (χ4v) is 5.20. The van der Waals surface area contributed by atoms with E-state index in [1.807, 2.05) is 31.2 Å². The van der Waals surface area contributed by atoms with E-state index in [-0.39, 0.29) is 11.8 Å². The molecule has 3 aromatic rings. The first-order valence-electron chi connectivity index (χ1n) is 13.1. The van der Waals surface area contributed by atoms with Gasteiger partial charge in [0.25, 0.3) is 5.91 Å². The van der Waals surface area contributed by atoms with Crippen LogP contribution < -0.4 is 18.9 Å². The molecule has 10 heteroatoms. The smallest absolute Gasteiger partial charge is 0.254 e. The van der Waals surface area contributed by atoms with Crippen LogP contribution in [0.15, 0.2) is 60.7 Å². The van der Waals surface area contributed by atoms with Crippen molar-refractivity contribution in [2.24, 2.45) is 0 Å². The summed E-state index contributed by atoms with van der Waals surface area (Å²) in [5.41, 5.74) is 2.63. The quantitative estimate of drug-likeness (QED) is 0.288. The highest BCUT2D eigenvalue weighted by Gasteiger charge is 2.26. The molecule has 1 saturated heterocycles. The molecule has 0 saturated carbocycles. The normalized spacial score (nSPS) is 13.6. The van der Waals surface area contributed by atoms with E-state index in [1.165, 1.54) is 21.3 Å². The lowest BCUT2D eigenvalue weighted by atomic mass is 9.97. The number of carbonyl (C=O) groups is 2. The number of ether oxygens (including phenoxy) is 4. The van der Waals surface area contributed by atoms with Crippen LogP contribution in [0, 0.1) is 0 Å². The Labute approximate surface area is 249 Å². The largest absolute Gasteiger partial charge is 0.494 e. The highest BCUT2D eigenvalue weighted by molar-refractivity contribution is 6.35. The molecule has 4 rings (SSSR count). The molecule has 216 valence electrons. The van der Waals surface area contributed by atoms with Crippen molar-refractivity contribution in [1.29, 1.82) is 0 Å². The van der Waals surface area contributed by atoms with E-state index < -0.39 is 0 Å². The molecule has 0 unspecified atom stereocenters. The van der Waals surface area contributed by atoms with Gasteiger partial charge in [-0.1, -0.05) is 35.3 Å². The number of rotatable bonds is 9. The minimum absolute atomic E-state index is 0.176. The third kappa shape index (κ3) is 7.07. The predicted octanol–water partition coefficient (Wildman–Crippen LogP) is 5.83. The van der Waals surface area contributed by atoms with Crippen LogP contribution >= 0.6 is 23.2 Å². The predicted molar refractivity (Wildman–Crippen MR) is 160 cm³/mol. The Balaban J connectivity index is 1.54. The molecule has 2 amide bonds. The molecule has 1 aliphatic rings. The molecule has 0 radical (unpaired) electrons. The molecule has 0 spiro atoms. The Morgan fingerprint density at radius 3 is 1.83 bits per heavy atom. The average molecular weight is 600 g/mol. The van der Waals surface area contributed by atoms with Gasteiger partial charge in [0.2, 0.25) is 11.7 Å². The van der Waals surface area contributed by atoms with Crippen LogP contribution in [-0.2, 0) is 4.79 Å². The Hall–Kier alpha value is -3.88. The van der Waals surface area contributed by atoms with Gasteiger partial charge in [0.1, 0.15) is 5.75 Å². The second-order valence-corrected chi connectivity index (χ2v) is 10.1. The van der Waals surface area contributed by atoms with Crippen LogP contribution in [0.1, 0.15) is 28.4 Å². The van der Waals surface area contributed by atoms with Crippen molar-refractivity contribution < 1.29 is 28.5 Å². The minimum atomic E-state index is -0.185. The monoisotopic (exact) mass is 598 g/mol. The van der Waals surface area contributed by atoms with E-state index in [9.17, 15) is 9.59 Å². The van der Waals surface area contributed by atoms with E-state index >= 15 is 0 Å². The zero-order valence-corrected chi connectivity index (χ0v) is 24.9. The number of piperazine rings is 1. The summed E-state index contributed by atoms with van der Waals surface area (Å²) in [6.45, 7) is 3.96. The van der Waals surface area contributed by atoms with Gasteiger partial charge in [0.15, 0.2) is 11.5 Å². The summed E-state index contributed by atoms with van der Waals surface area (Å²) < 4.78 is 21.7. The third-order valence-electron chi connectivity index (χ3n) is 6.71. The Morgan fingerprint density at radius 1 is 0.756 bits per heavy atom. The number of hydrogen-bond donors (Lipinski definition) is 0. The highest BCUT2D eigenvalue weighted by Crippen LogP contribution is 2.38. The van der Waals surface area contributed by atoms with Gasteiger partial charge in [-0.15, -0.1) is 0 Å². The molecule has 0 aromatic heterocycles. The van der Waals surface area contributed by atoms with Gasteiger partial charge in [-0.3, -0.25) is 9.59 Å². The highest BCUT2D eigenvalue weighted by atomic mass is 35.5. The maximum atomic E-state index is 13.5. The van der Waals surface area contributed by atoms with Crippen LogP contribution in [0.3, 0.4) is 0 Å². The van der Waals surface area contributed by atoms with Crippen LogP contribution in [0.5, 0.6) is 23.0 Å². The van der Waals surface area contributed by atoms with Crippen LogP contribution in [-0.4, -0.2) is 75.7 Å². The molecule has 0 bridgehead atoms. The van der Waals surface area contributed by atoms with Crippen molar-refractivity contribution >= 4 is 40.6 Å². The molecule has 3 aromatic carbocycles. The Bertz CT molecular complexity index is 1390. The van der Waals surface area contributed by atoms with Gasteiger partial charge in [-0.05, 0) is 66.1 Å². The first-order valence-corrected chi connectivity index (χ1v) is 13.8.